The third-order valence-corrected chi connectivity index (χ3v) is 4.56. The van der Waals surface area contributed by atoms with Gasteiger partial charge in [0, 0.05) is 6.42 Å². The minimum Gasteiger partial charge on any atom is -0.270 e. The fourth-order valence-electron chi connectivity index (χ4n) is 3.11. The number of unbranched alkanes of at least 4 members (excludes halogenated alkanes) is 8. The molecule has 0 saturated heterocycles. The summed E-state index contributed by atoms with van der Waals surface area (Å²) in [4.78, 5) is 11.9. The van der Waals surface area contributed by atoms with Gasteiger partial charge in [0.15, 0.2) is 0 Å². The van der Waals surface area contributed by atoms with Crippen molar-refractivity contribution < 1.29 is 9.39 Å². The lowest BCUT2D eigenvalue weighted by Gasteiger charge is -2.28. The lowest BCUT2D eigenvalue weighted by molar-refractivity contribution is -0.925. The normalized spacial score (nSPS) is 12.3. The van der Waals surface area contributed by atoms with Crippen molar-refractivity contribution in [3.05, 3.63) is 24.3 Å². The van der Waals surface area contributed by atoms with E-state index in [-0.39, 0.29) is 5.91 Å². The van der Waals surface area contributed by atoms with Crippen LogP contribution < -0.4 is 5.43 Å². The van der Waals surface area contributed by atoms with Gasteiger partial charge < -0.3 is 0 Å². The molecule has 0 radical (unpaired) electrons. The molecule has 0 rings (SSSR count). The van der Waals surface area contributed by atoms with Gasteiger partial charge in [0.2, 0.25) is 0 Å². The van der Waals surface area contributed by atoms with E-state index in [1.807, 2.05) is 0 Å². The van der Waals surface area contributed by atoms with Gasteiger partial charge in [-0.25, -0.2) is 10.0 Å². The number of rotatable bonds is 17. The monoisotopic (exact) mass is 365 g/mol. The van der Waals surface area contributed by atoms with E-state index in [1.165, 1.54) is 57.8 Å². The topological polar surface area (TPSA) is 29.1 Å². The van der Waals surface area contributed by atoms with E-state index in [0.29, 0.717) is 11.0 Å². The summed E-state index contributed by atoms with van der Waals surface area (Å²) < 4.78 is 0.593. The molecule has 152 valence electrons. The van der Waals surface area contributed by atoms with Crippen LogP contribution in [0.1, 0.15) is 97.3 Å². The Balaban J connectivity index is 3.43. The van der Waals surface area contributed by atoms with Crippen molar-refractivity contribution in [2.45, 2.75) is 97.3 Å². The molecule has 0 heterocycles. The molecule has 1 amide bonds. The zero-order valence-corrected chi connectivity index (χ0v) is 18.1. The van der Waals surface area contributed by atoms with E-state index in [4.69, 9.17) is 0 Å². The Bertz CT molecular complexity index is 386. The van der Waals surface area contributed by atoms with Crippen LogP contribution in [0.15, 0.2) is 24.3 Å². The average molecular weight is 366 g/mol. The van der Waals surface area contributed by atoms with Crippen LogP contribution >= 0.6 is 0 Å². The predicted molar refractivity (Wildman–Crippen MR) is 115 cm³/mol. The standard InChI is InChI=1S/C23H44N2O/c1-5-7-8-9-10-11-12-13-14-15-16-17-18-19-20-21-23(26)24-25(3,4)22-6-2/h10-11,13-14H,5-9,12,15-22H2,1-4H3/p+1/b11-10-,14-13-. The van der Waals surface area contributed by atoms with Crippen LogP contribution in [0.5, 0.6) is 0 Å². The quantitative estimate of drug-likeness (QED) is 0.139. The van der Waals surface area contributed by atoms with E-state index in [1.54, 1.807) is 0 Å². The van der Waals surface area contributed by atoms with Gasteiger partial charge in [-0.15, -0.1) is 0 Å². The fourth-order valence-corrected chi connectivity index (χ4v) is 3.11. The van der Waals surface area contributed by atoms with Crippen LogP contribution in [-0.4, -0.2) is 31.1 Å². The molecule has 0 saturated carbocycles. The first-order valence-corrected chi connectivity index (χ1v) is 11.0. The Morgan fingerprint density at radius 3 is 1.96 bits per heavy atom. The van der Waals surface area contributed by atoms with Gasteiger partial charge in [0.1, 0.15) is 6.54 Å². The molecule has 0 atom stereocenters. The second-order valence-corrected chi connectivity index (χ2v) is 7.92. The smallest absolute Gasteiger partial charge is 0.264 e. The second kappa shape index (κ2) is 17.3. The number of carbonyl (C=O) groups excluding carboxylic acids is 1. The number of carbonyl (C=O) groups is 1. The maximum absolute atomic E-state index is 11.9. The molecule has 0 aliphatic heterocycles. The first kappa shape index (κ1) is 24.9. The predicted octanol–water partition coefficient (Wildman–Crippen LogP) is 6.32. The molecule has 0 bridgehead atoms. The van der Waals surface area contributed by atoms with Crippen molar-refractivity contribution in [2.24, 2.45) is 0 Å². The third-order valence-electron chi connectivity index (χ3n) is 4.56. The molecule has 26 heavy (non-hydrogen) atoms. The van der Waals surface area contributed by atoms with Gasteiger partial charge in [-0.1, -0.05) is 70.3 Å². The van der Waals surface area contributed by atoms with Crippen molar-refractivity contribution in [2.75, 3.05) is 20.6 Å². The van der Waals surface area contributed by atoms with E-state index >= 15 is 0 Å². The Morgan fingerprint density at radius 2 is 1.35 bits per heavy atom. The summed E-state index contributed by atoms with van der Waals surface area (Å²) in [6.45, 7) is 5.37. The highest BCUT2D eigenvalue weighted by atomic mass is 16.2. The van der Waals surface area contributed by atoms with Gasteiger partial charge in [0.05, 0.1) is 14.1 Å². The highest BCUT2D eigenvalue weighted by molar-refractivity contribution is 5.74. The first-order chi connectivity index (χ1) is 12.5. The van der Waals surface area contributed by atoms with Crippen molar-refractivity contribution in [1.82, 2.24) is 5.43 Å². The third kappa shape index (κ3) is 17.7. The fraction of sp³-hybridized carbons (Fsp3) is 0.783. The SMILES string of the molecule is CCCCC/C=C\C/C=C\CCCCCCCC(=O)N[N+](C)(C)CCC. The Morgan fingerprint density at radius 1 is 0.769 bits per heavy atom. The summed E-state index contributed by atoms with van der Waals surface area (Å²) in [5, 5.41) is 0. The molecule has 0 aromatic carbocycles. The lowest BCUT2D eigenvalue weighted by Crippen LogP contribution is -2.54. The molecule has 0 unspecified atom stereocenters. The molecule has 0 aliphatic rings. The van der Waals surface area contributed by atoms with E-state index < -0.39 is 0 Å². The van der Waals surface area contributed by atoms with Crippen LogP contribution in [0.25, 0.3) is 0 Å². The van der Waals surface area contributed by atoms with Crippen LogP contribution in [0.4, 0.5) is 0 Å². The van der Waals surface area contributed by atoms with Gasteiger partial charge in [-0.3, -0.25) is 4.79 Å². The minimum absolute atomic E-state index is 0.189. The molecular formula is C23H45N2O+. The van der Waals surface area contributed by atoms with E-state index in [9.17, 15) is 4.79 Å². The molecule has 3 heteroatoms. The van der Waals surface area contributed by atoms with Crippen molar-refractivity contribution in [3.8, 4) is 0 Å². The number of nitrogens with zero attached hydrogens (tertiary/aromatic N) is 1. The van der Waals surface area contributed by atoms with Gasteiger partial charge in [0.25, 0.3) is 5.91 Å². The molecule has 0 aromatic rings. The molecule has 0 fully saturated rings. The number of quaternary nitrogens is 1. The lowest BCUT2D eigenvalue weighted by atomic mass is 10.1. The second-order valence-electron chi connectivity index (χ2n) is 7.92. The van der Waals surface area contributed by atoms with Crippen LogP contribution in [-0.2, 0) is 4.79 Å². The van der Waals surface area contributed by atoms with Crippen molar-refractivity contribution in [1.29, 1.82) is 0 Å². The largest absolute Gasteiger partial charge is 0.270 e. The van der Waals surface area contributed by atoms with Crippen LogP contribution in [0.2, 0.25) is 0 Å². The number of hydrogen-bond donors (Lipinski definition) is 1. The maximum Gasteiger partial charge on any atom is 0.264 e. The summed E-state index contributed by atoms with van der Waals surface area (Å²) in [6.07, 6.45) is 24.4. The van der Waals surface area contributed by atoms with E-state index in [2.05, 4.69) is 57.7 Å². The summed E-state index contributed by atoms with van der Waals surface area (Å²) in [6, 6.07) is 0. The highest BCUT2D eigenvalue weighted by Gasteiger charge is 2.16. The molecule has 1 N–H and O–H groups in total. The first-order valence-electron chi connectivity index (χ1n) is 11.0. The number of amides is 1. The zero-order chi connectivity index (χ0) is 19.5. The summed E-state index contributed by atoms with van der Waals surface area (Å²) in [7, 11) is 4.11. The van der Waals surface area contributed by atoms with Crippen LogP contribution in [0, 0.1) is 0 Å². The van der Waals surface area contributed by atoms with Gasteiger partial charge in [-0.05, 0) is 44.9 Å². The Hall–Kier alpha value is -1.09. The molecule has 3 nitrogen and oxygen atoms in total. The Kier molecular flexibility index (Phi) is 16.6. The minimum atomic E-state index is 0.189. The van der Waals surface area contributed by atoms with Gasteiger partial charge in [-0.2, -0.15) is 0 Å². The summed E-state index contributed by atoms with van der Waals surface area (Å²) in [5.41, 5.74) is 3.09. The molecular weight excluding hydrogens is 320 g/mol. The summed E-state index contributed by atoms with van der Waals surface area (Å²) >= 11 is 0. The summed E-state index contributed by atoms with van der Waals surface area (Å²) in [5.74, 6) is 0.189. The van der Waals surface area contributed by atoms with Crippen molar-refractivity contribution >= 4 is 5.91 Å². The zero-order valence-electron chi connectivity index (χ0n) is 18.1. The number of hydrogen-bond acceptors (Lipinski definition) is 1. The van der Waals surface area contributed by atoms with E-state index in [0.717, 1.165) is 25.8 Å². The average Bonchev–Trinajstić information content (AvgIpc) is 2.57. The molecule has 0 aliphatic carbocycles. The maximum atomic E-state index is 11.9. The highest BCUT2D eigenvalue weighted by Crippen LogP contribution is 2.08. The van der Waals surface area contributed by atoms with Crippen molar-refractivity contribution in [3.63, 3.8) is 0 Å². The molecule has 0 aromatic heterocycles. The molecule has 0 spiro atoms. The number of nitrogens with one attached hydrogen (secondary N) is 1. The number of allylic oxidation sites excluding steroid dienone is 4. The van der Waals surface area contributed by atoms with Gasteiger partial charge >= 0.3 is 0 Å². The van der Waals surface area contributed by atoms with Crippen LogP contribution in [0.3, 0.4) is 0 Å². The Labute approximate surface area is 163 Å².